The van der Waals surface area contributed by atoms with E-state index in [9.17, 15) is 24.0 Å². The van der Waals surface area contributed by atoms with Gasteiger partial charge >= 0.3 is 0 Å². The first kappa shape index (κ1) is 89.1. The zero-order valence-electron chi connectivity index (χ0n) is 74.9. The molecule has 8 aromatic heterocycles. The molecule has 5 aliphatic rings. The summed E-state index contributed by atoms with van der Waals surface area (Å²) in [6, 6.07) is 85.1. The third-order valence-corrected chi connectivity index (χ3v) is 25.5. The van der Waals surface area contributed by atoms with Crippen molar-refractivity contribution in [1.82, 2.24) is 92.8 Å². The van der Waals surface area contributed by atoms with E-state index in [1.165, 1.54) is 0 Å². The van der Waals surface area contributed by atoms with E-state index in [1.54, 1.807) is 81.1 Å². The number of likely N-dealkylation sites (tertiary alicyclic amines) is 2. The summed E-state index contributed by atoms with van der Waals surface area (Å²) < 4.78 is 12.8. The van der Waals surface area contributed by atoms with Crippen LogP contribution in [-0.4, -0.2) is 249 Å². The molecule has 5 saturated heterocycles. The fourth-order valence-corrected chi connectivity index (χ4v) is 17.6. The second-order valence-corrected chi connectivity index (χ2v) is 34.1. The van der Waals surface area contributed by atoms with Gasteiger partial charge in [0.1, 0.15) is 5.65 Å². The maximum atomic E-state index is 13.2. The van der Waals surface area contributed by atoms with E-state index in [0.29, 0.717) is 96.1 Å². The number of rotatable bonds is 14. The lowest BCUT2D eigenvalue weighted by Gasteiger charge is -2.42. The lowest BCUT2D eigenvalue weighted by atomic mass is 10.0. The molecule has 0 bridgehead atoms. The van der Waals surface area contributed by atoms with Crippen molar-refractivity contribution >= 4 is 52.1 Å². The van der Waals surface area contributed by atoms with Gasteiger partial charge in [-0.2, -0.15) is 36.3 Å². The monoisotopic (exact) mass is 1790 g/mol. The molecule has 0 unspecified atom stereocenters. The minimum absolute atomic E-state index is 0.0240. The van der Waals surface area contributed by atoms with Gasteiger partial charge in [0.15, 0.2) is 16.9 Å². The van der Waals surface area contributed by atoms with Gasteiger partial charge in [0.25, 0.3) is 23.6 Å². The molecule has 8 aromatic carbocycles. The topological polar surface area (TPSA) is 332 Å². The quantitative estimate of drug-likeness (QED) is 0.106. The summed E-state index contributed by atoms with van der Waals surface area (Å²) in [7, 11) is 6.40. The largest absolute Gasteiger partial charge is 0.378 e. The highest BCUT2D eigenvalue weighted by Gasteiger charge is 2.31. The molecule has 29 heteroatoms. The molecule has 21 rings (SSSR count). The minimum Gasteiger partial charge on any atom is -0.378 e. The van der Waals surface area contributed by atoms with Crippen molar-refractivity contribution in [2.45, 2.75) is 37.8 Å². The zero-order chi connectivity index (χ0) is 93.0. The Labute approximate surface area is 779 Å². The number of morpholine rings is 1. The molecule has 0 radical (unpaired) electrons. The molecule has 135 heavy (non-hydrogen) atoms. The number of pyridine rings is 1. The van der Waals surface area contributed by atoms with E-state index in [2.05, 4.69) is 96.0 Å². The predicted octanol–water partition coefficient (Wildman–Crippen LogP) is 14.4. The Balaban J connectivity index is 0.000000120. The molecule has 29 nitrogen and oxygen atoms in total. The van der Waals surface area contributed by atoms with Crippen LogP contribution >= 0.6 is 0 Å². The Bertz CT molecular complexity index is 7200. The summed E-state index contributed by atoms with van der Waals surface area (Å²) in [6.45, 7) is 11.2. The molecule has 5 aliphatic heterocycles. The fourth-order valence-electron chi connectivity index (χ4n) is 17.6. The van der Waals surface area contributed by atoms with Gasteiger partial charge in [0.2, 0.25) is 5.91 Å². The highest BCUT2D eigenvalue weighted by Crippen LogP contribution is 2.33. The van der Waals surface area contributed by atoms with Crippen LogP contribution in [0.2, 0.25) is 0 Å². The predicted molar refractivity (Wildman–Crippen MR) is 513 cm³/mol. The Hall–Kier alpha value is -16.5. The van der Waals surface area contributed by atoms with Crippen LogP contribution in [0, 0.1) is 45.3 Å². The van der Waals surface area contributed by atoms with Gasteiger partial charge in [-0.1, -0.05) is 97.1 Å². The molecule has 0 spiro atoms. The average Bonchev–Trinajstić information content (AvgIpc) is 1.66. The Morgan fingerprint density at radius 3 is 1.06 bits per heavy atom. The van der Waals surface area contributed by atoms with Crippen LogP contribution in [0.3, 0.4) is 0 Å². The highest BCUT2D eigenvalue weighted by atomic mass is 16.5. The van der Waals surface area contributed by atoms with Gasteiger partial charge < -0.3 is 39.5 Å². The molecule has 16 aromatic rings. The lowest BCUT2D eigenvalue weighted by Crippen LogP contribution is -2.52. The van der Waals surface area contributed by atoms with Gasteiger partial charge in [0.05, 0.1) is 131 Å². The van der Waals surface area contributed by atoms with Crippen molar-refractivity contribution in [3.8, 4) is 114 Å². The number of fused-ring (bicyclic) bond motifs is 4. The van der Waals surface area contributed by atoms with Crippen LogP contribution < -0.4 is 5.32 Å². The van der Waals surface area contributed by atoms with E-state index < -0.39 is 0 Å². The first-order valence-electron chi connectivity index (χ1n) is 45.0. The Morgan fingerprint density at radius 2 is 0.681 bits per heavy atom. The number of carbonyl (C=O) groups excluding carboxylic acids is 5. The summed E-state index contributed by atoms with van der Waals surface area (Å²) in [5.74, 6) is -0.0629. The number of aromatic nitrogens is 11. The minimum atomic E-state index is -0.160. The molecule has 13 heterocycles. The molecular formula is C106H95N23O6. The van der Waals surface area contributed by atoms with Gasteiger partial charge in [-0.05, 0) is 204 Å². The second kappa shape index (κ2) is 40.4. The molecule has 0 aliphatic carbocycles. The smallest absolute Gasteiger partial charge is 0.254 e. The van der Waals surface area contributed by atoms with Gasteiger partial charge in [-0.15, -0.1) is 0 Å². The number of ether oxygens (including phenoxy) is 1. The number of likely N-dealkylation sites (N-methyl/N-ethyl adjacent to an activating group) is 1. The number of imidazole rings is 4. The number of piperidine rings is 2. The van der Waals surface area contributed by atoms with Gasteiger partial charge in [0, 0.05) is 158 Å². The van der Waals surface area contributed by atoms with Crippen molar-refractivity contribution in [1.29, 1.82) is 21.0 Å². The van der Waals surface area contributed by atoms with E-state index in [1.807, 2.05) is 220 Å². The van der Waals surface area contributed by atoms with Crippen molar-refractivity contribution in [3.63, 3.8) is 0 Å². The SMILES string of the molecule is CN(C)C1CCN(C(=O)c2ccc(-c3ccc4ncc(-c5ccc(C#N)cc5)n4c3)cc2)CC1.CN1CCN(C2CCN(C(=O)c3ccc(-c4ccc5ncc(-c6ccc(C#N)cc6)n5n4)cc3)CC2)CC1.N#Cc1ccc(-c2cnc3ccc(-c4ccc(C(=O)N5CCNC(=O)C5)cc4)nn23)cc1.N#Cc1ccc(-c2cnc3ccc(-c4ccc(C(=O)N5CCOCC5)cc4)nn23)cc1. The lowest BCUT2D eigenvalue weighted by molar-refractivity contribution is -0.123. The number of nitrogens with zero attached hydrogens (tertiary/aromatic N) is 22. The number of hydrogen-bond donors (Lipinski definition) is 1. The van der Waals surface area contributed by atoms with Crippen LogP contribution in [0.1, 0.15) is 89.4 Å². The number of piperazine rings is 2. The van der Waals surface area contributed by atoms with Crippen LogP contribution in [-0.2, 0) is 9.53 Å². The molecular weight excluding hydrogens is 1690 g/mol. The zero-order valence-corrected chi connectivity index (χ0v) is 74.9. The van der Waals surface area contributed by atoms with E-state index in [4.69, 9.17) is 41.1 Å². The first-order chi connectivity index (χ1) is 66.0. The summed E-state index contributed by atoms with van der Waals surface area (Å²) in [5, 5.41) is 53.2. The first-order valence-corrected chi connectivity index (χ1v) is 45.0. The van der Waals surface area contributed by atoms with E-state index >= 15 is 0 Å². The molecule has 5 fully saturated rings. The number of nitrogens with one attached hydrogen (secondary N) is 1. The normalized spacial score (nSPS) is 15.0. The highest BCUT2D eigenvalue weighted by molar-refractivity contribution is 5.98. The Morgan fingerprint density at radius 1 is 0.356 bits per heavy atom. The van der Waals surface area contributed by atoms with Crippen LogP contribution in [0.4, 0.5) is 0 Å². The molecule has 0 saturated carbocycles. The average molecular weight is 1790 g/mol. The summed E-state index contributed by atoms with van der Waals surface area (Å²) >= 11 is 0. The van der Waals surface area contributed by atoms with E-state index in [0.717, 1.165) is 190 Å². The second-order valence-electron chi connectivity index (χ2n) is 34.1. The number of hydrogen-bond acceptors (Lipinski definition) is 20. The van der Waals surface area contributed by atoms with E-state index in [-0.39, 0.29) is 36.1 Å². The van der Waals surface area contributed by atoms with Crippen molar-refractivity contribution < 1.29 is 28.7 Å². The maximum absolute atomic E-state index is 13.2. The van der Waals surface area contributed by atoms with Crippen molar-refractivity contribution in [2.24, 2.45) is 0 Å². The number of amides is 5. The number of carbonyl (C=O) groups is 5. The third-order valence-electron chi connectivity index (χ3n) is 25.5. The fraction of sp³-hybridized carbons (Fsp3) is 0.226. The Kier molecular flexibility index (Phi) is 26.7. The molecule has 0 atom stereocenters. The number of nitriles is 4. The summed E-state index contributed by atoms with van der Waals surface area (Å²) in [5.41, 5.74) is 22.6. The molecule has 5 amide bonds. The van der Waals surface area contributed by atoms with Gasteiger partial charge in [-0.3, -0.25) is 33.3 Å². The van der Waals surface area contributed by atoms with Crippen LogP contribution in [0.15, 0.2) is 274 Å². The van der Waals surface area contributed by atoms with Crippen LogP contribution in [0.5, 0.6) is 0 Å². The van der Waals surface area contributed by atoms with Crippen molar-refractivity contribution in [3.05, 3.63) is 318 Å². The molecule has 670 valence electrons. The van der Waals surface area contributed by atoms with Crippen molar-refractivity contribution in [2.75, 3.05) is 119 Å². The van der Waals surface area contributed by atoms with Gasteiger partial charge in [-0.25, -0.2) is 33.5 Å². The number of benzene rings is 8. The standard InChI is InChI=1S/C30H31N7O.C28H27N5O.C24H18N6O2.C24H19N5O2/c1-34-16-18-35(19-17-34)26-12-14-36(15-13-26)30(38)25-8-6-23(7-9-25)27-10-11-29-32-21-28(37(29)33-27)24-4-2-22(20-31)3-5-24;1-31(2)25-13-15-32(16-14-25)28(34)23-9-7-21(8-10-23)24-11-12-27-30-18-26(33(27)19-24)22-5-3-20(17-29)4-6-22;25-13-16-1-3-18(4-2-16)21-14-27-22-10-9-20(28-30(21)22)17-5-7-19(8-6-17)24(32)29-12-11-26-23(31)15-29;25-15-17-1-3-19(4-2-17)22-16-26-23-10-9-21(27-29(22)23)18-5-7-20(8-6-18)24(30)28-11-13-31-14-12-28/h2-11,21,26H,12-19H2,1H3;3-12,18-19,25H,13-16H2,1-2H3;1-10,14H,11-12,15H2,(H,26,31);1-10,16H,11-14H2. The third kappa shape index (κ3) is 20.0. The summed E-state index contributed by atoms with van der Waals surface area (Å²) in [6.07, 6.45) is 13.4. The molecule has 1 N–H and O–H groups in total. The van der Waals surface area contributed by atoms with Crippen LogP contribution in [0.25, 0.3) is 113 Å². The maximum Gasteiger partial charge on any atom is 0.254 e. The summed E-state index contributed by atoms with van der Waals surface area (Å²) in [4.78, 5) is 95.5.